The highest BCUT2D eigenvalue weighted by Crippen LogP contribution is 2.26. The van der Waals surface area contributed by atoms with E-state index in [-0.39, 0.29) is 24.2 Å². The molecule has 1 atom stereocenters. The van der Waals surface area contributed by atoms with Crippen LogP contribution in [0.4, 0.5) is 19.3 Å². The zero-order valence-corrected chi connectivity index (χ0v) is 17.6. The van der Waals surface area contributed by atoms with E-state index < -0.39 is 29.6 Å². The van der Waals surface area contributed by atoms with Crippen LogP contribution in [0.5, 0.6) is 0 Å². The van der Waals surface area contributed by atoms with Gasteiger partial charge in [-0.15, -0.1) is 11.3 Å². The van der Waals surface area contributed by atoms with E-state index in [2.05, 4.69) is 10.3 Å². The molecule has 0 aliphatic heterocycles. The number of fused-ring (bicyclic) bond motifs is 1. The van der Waals surface area contributed by atoms with E-state index in [9.17, 15) is 18.4 Å². The molecule has 11 heteroatoms. The zero-order chi connectivity index (χ0) is 21.8. The molecule has 3 aromatic rings. The van der Waals surface area contributed by atoms with Crippen molar-refractivity contribution < 1.29 is 22.9 Å². The largest absolute Gasteiger partial charge is 0.327 e. The van der Waals surface area contributed by atoms with Crippen molar-refractivity contribution in [2.45, 2.75) is 19.4 Å². The molecule has 0 aliphatic carbocycles. The Morgan fingerprint density at radius 3 is 2.60 bits per heavy atom. The molecule has 30 heavy (non-hydrogen) atoms. The fourth-order valence-electron chi connectivity index (χ4n) is 2.99. The number of carbonyl (C=O) groups excluding carboxylic acids is 2. The van der Waals surface area contributed by atoms with Gasteiger partial charge in [0.05, 0.1) is 15.2 Å². The average molecular weight is 453 g/mol. The van der Waals surface area contributed by atoms with E-state index in [1.807, 2.05) is 17.7 Å². The van der Waals surface area contributed by atoms with Crippen molar-refractivity contribution >= 4 is 51.4 Å². The SMILES string of the molecule is Cc1nc2cc(N(C)C(=O)[C@H](Cc3cc(F)cc(F)c3)NC(=O)NSO)ccc2s1. The number of aryl methyl sites for hydroxylation is 1. The number of thiazole rings is 1. The van der Waals surface area contributed by atoms with Crippen molar-refractivity contribution in [2.24, 2.45) is 0 Å². The third kappa shape index (κ3) is 5.23. The lowest BCUT2D eigenvalue weighted by Crippen LogP contribution is -2.50. The maximum absolute atomic E-state index is 13.6. The van der Waals surface area contributed by atoms with Crippen LogP contribution in [-0.2, 0) is 11.2 Å². The molecule has 0 saturated carbocycles. The summed E-state index contributed by atoms with van der Waals surface area (Å²) in [7, 11) is 1.53. The van der Waals surface area contributed by atoms with E-state index in [4.69, 9.17) is 4.55 Å². The zero-order valence-electron chi connectivity index (χ0n) is 16.0. The molecular weight excluding hydrogens is 434 g/mol. The number of nitrogens with zero attached hydrogens (tertiary/aromatic N) is 2. The Balaban J connectivity index is 1.87. The van der Waals surface area contributed by atoms with Crippen LogP contribution in [0.15, 0.2) is 36.4 Å². The summed E-state index contributed by atoms with van der Waals surface area (Å²) in [5, 5.41) is 3.31. The quantitative estimate of drug-likeness (QED) is 0.390. The molecule has 158 valence electrons. The summed E-state index contributed by atoms with van der Waals surface area (Å²) in [6.45, 7) is 1.88. The van der Waals surface area contributed by atoms with Gasteiger partial charge >= 0.3 is 6.03 Å². The average Bonchev–Trinajstić information content (AvgIpc) is 3.04. The molecule has 3 amide bonds. The number of rotatable bonds is 6. The van der Waals surface area contributed by atoms with E-state index in [1.54, 1.807) is 12.1 Å². The number of benzene rings is 2. The van der Waals surface area contributed by atoms with Crippen LogP contribution in [0, 0.1) is 18.6 Å². The van der Waals surface area contributed by atoms with Gasteiger partial charge in [-0.25, -0.2) is 18.6 Å². The lowest BCUT2D eigenvalue weighted by atomic mass is 10.0. The smallest absolute Gasteiger partial charge is 0.325 e. The van der Waals surface area contributed by atoms with Gasteiger partial charge in [-0.3, -0.25) is 9.52 Å². The monoisotopic (exact) mass is 452 g/mol. The number of hydrogen-bond acceptors (Lipinski definition) is 6. The number of urea groups is 1. The van der Waals surface area contributed by atoms with Crippen LogP contribution >= 0.6 is 23.6 Å². The molecule has 0 fully saturated rings. The van der Waals surface area contributed by atoms with Gasteiger partial charge in [0, 0.05) is 25.2 Å². The first-order chi connectivity index (χ1) is 14.3. The topological polar surface area (TPSA) is 94.6 Å². The van der Waals surface area contributed by atoms with Gasteiger partial charge in [0.25, 0.3) is 0 Å². The highest BCUT2D eigenvalue weighted by atomic mass is 32.2. The highest BCUT2D eigenvalue weighted by Gasteiger charge is 2.26. The Morgan fingerprint density at radius 1 is 1.23 bits per heavy atom. The minimum atomic E-state index is -1.14. The minimum absolute atomic E-state index is 0.0691. The van der Waals surface area contributed by atoms with Gasteiger partial charge in [-0.2, -0.15) is 0 Å². The number of nitrogens with one attached hydrogen (secondary N) is 2. The van der Waals surface area contributed by atoms with Gasteiger partial charge in [-0.1, -0.05) is 0 Å². The number of hydrogen-bond donors (Lipinski definition) is 3. The van der Waals surface area contributed by atoms with Crippen molar-refractivity contribution in [3.05, 3.63) is 58.6 Å². The second kappa shape index (κ2) is 9.37. The van der Waals surface area contributed by atoms with Crippen molar-refractivity contribution in [1.29, 1.82) is 0 Å². The van der Waals surface area contributed by atoms with Gasteiger partial charge in [0.2, 0.25) is 5.91 Å². The summed E-state index contributed by atoms with van der Waals surface area (Å²) in [5.41, 5.74) is 1.48. The lowest BCUT2D eigenvalue weighted by molar-refractivity contribution is -0.120. The fourth-order valence-corrected chi connectivity index (χ4v) is 3.94. The highest BCUT2D eigenvalue weighted by molar-refractivity contribution is 7.92. The Labute approximate surface area is 179 Å². The van der Waals surface area contributed by atoms with Gasteiger partial charge in [0.1, 0.15) is 29.9 Å². The number of anilines is 1. The molecule has 3 rings (SSSR count). The molecule has 0 spiro atoms. The molecule has 0 unspecified atom stereocenters. The van der Waals surface area contributed by atoms with Crippen LogP contribution in [0.2, 0.25) is 0 Å². The van der Waals surface area contributed by atoms with E-state index >= 15 is 0 Å². The van der Waals surface area contributed by atoms with E-state index in [0.29, 0.717) is 5.69 Å². The van der Waals surface area contributed by atoms with Gasteiger partial charge < -0.3 is 14.8 Å². The summed E-state index contributed by atoms with van der Waals surface area (Å²) < 4.78 is 38.9. The van der Waals surface area contributed by atoms with Crippen molar-refractivity contribution in [3.8, 4) is 0 Å². The summed E-state index contributed by atoms with van der Waals surface area (Å²) >= 11 is 1.60. The molecule has 7 nitrogen and oxygen atoms in total. The third-order valence-corrected chi connectivity index (χ3v) is 5.53. The Kier molecular flexibility index (Phi) is 6.85. The summed E-state index contributed by atoms with van der Waals surface area (Å²) in [5.74, 6) is -2.09. The molecule has 0 bridgehead atoms. The lowest BCUT2D eigenvalue weighted by Gasteiger charge is -2.25. The number of carbonyl (C=O) groups is 2. The predicted molar refractivity (Wildman–Crippen MR) is 114 cm³/mol. The predicted octanol–water partition coefficient (Wildman–Crippen LogP) is 3.88. The molecule has 1 heterocycles. The Morgan fingerprint density at radius 2 is 1.93 bits per heavy atom. The molecular formula is C19H18F2N4O3S2. The standard InChI is InChI=1S/C19H18F2N4O3S2/c1-10-22-15-9-14(3-4-17(15)29-10)25(2)18(26)16(23-19(27)24-30-28)7-11-5-12(20)8-13(21)6-11/h3-6,8-9,16,28H,7H2,1-2H3,(H2,23,24,27)/t16-/m0/s1. The maximum atomic E-state index is 13.6. The second-order valence-corrected chi connectivity index (χ2v) is 8.10. The molecule has 0 saturated heterocycles. The fraction of sp³-hybridized carbons (Fsp3) is 0.211. The molecule has 2 aromatic carbocycles. The van der Waals surface area contributed by atoms with Crippen LogP contribution in [0.25, 0.3) is 10.2 Å². The van der Waals surface area contributed by atoms with Crippen molar-refractivity contribution in [1.82, 2.24) is 15.0 Å². The Hall–Kier alpha value is -2.76. The molecule has 0 aliphatic rings. The van der Waals surface area contributed by atoms with Crippen LogP contribution in [0.3, 0.4) is 0 Å². The van der Waals surface area contributed by atoms with Crippen LogP contribution in [-0.4, -0.2) is 34.6 Å². The number of halogens is 2. The molecule has 0 radical (unpaired) electrons. The maximum Gasteiger partial charge on any atom is 0.327 e. The number of amides is 3. The number of aromatic nitrogens is 1. The van der Waals surface area contributed by atoms with Crippen LogP contribution in [0.1, 0.15) is 10.6 Å². The first-order valence-corrected chi connectivity index (χ1v) is 10.3. The van der Waals surface area contributed by atoms with E-state index in [0.717, 1.165) is 33.4 Å². The number of likely N-dealkylation sites (N-methyl/N-ethyl adjacent to an activating group) is 1. The first kappa shape index (κ1) is 21.9. The normalized spacial score (nSPS) is 11.9. The Bertz CT molecular complexity index is 1070. The van der Waals surface area contributed by atoms with Crippen molar-refractivity contribution in [2.75, 3.05) is 11.9 Å². The summed E-state index contributed by atoms with van der Waals surface area (Å²) in [6.07, 6.45) is -0.153. The second-order valence-electron chi connectivity index (χ2n) is 6.48. The van der Waals surface area contributed by atoms with E-state index in [1.165, 1.54) is 23.3 Å². The first-order valence-electron chi connectivity index (χ1n) is 8.73. The van der Waals surface area contributed by atoms with Gasteiger partial charge in [0.15, 0.2) is 0 Å². The van der Waals surface area contributed by atoms with Crippen LogP contribution < -0.4 is 14.9 Å². The van der Waals surface area contributed by atoms with Crippen molar-refractivity contribution in [3.63, 3.8) is 0 Å². The van der Waals surface area contributed by atoms with Gasteiger partial charge in [-0.05, 0) is 42.8 Å². The minimum Gasteiger partial charge on any atom is -0.325 e. The molecule has 3 N–H and O–H groups in total. The summed E-state index contributed by atoms with van der Waals surface area (Å²) in [4.78, 5) is 30.7. The summed E-state index contributed by atoms with van der Waals surface area (Å²) in [6, 6.07) is 6.29. The third-order valence-electron chi connectivity index (χ3n) is 4.30. The molecule has 1 aromatic heterocycles.